The molecule has 0 atom stereocenters. The second kappa shape index (κ2) is 6.61. The van der Waals surface area contributed by atoms with E-state index < -0.39 is 9.84 Å². The number of rotatable bonds is 7. The van der Waals surface area contributed by atoms with E-state index in [-0.39, 0.29) is 18.1 Å². The molecule has 0 aliphatic carbocycles. The van der Waals surface area contributed by atoms with Gasteiger partial charge in [-0.2, -0.15) is 0 Å². The van der Waals surface area contributed by atoms with Gasteiger partial charge in [-0.3, -0.25) is 0 Å². The van der Waals surface area contributed by atoms with Crippen LogP contribution in [0.5, 0.6) is 11.5 Å². The van der Waals surface area contributed by atoms with E-state index in [9.17, 15) is 8.42 Å². The lowest BCUT2D eigenvalue weighted by molar-refractivity contribution is 0.336. The van der Waals surface area contributed by atoms with Crippen molar-refractivity contribution in [3.8, 4) is 11.5 Å². The molecule has 0 heterocycles. The summed E-state index contributed by atoms with van der Waals surface area (Å²) < 4.78 is 33.1. The summed E-state index contributed by atoms with van der Waals surface area (Å²) >= 11 is 0. The highest BCUT2D eigenvalue weighted by molar-refractivity contribution is 7.91. The standard InChI is InChI=1S/C12H19NO4S/c1-3-18(14,15)5-4-17-12-7-10(9-13)6-11(8-12)16-2/h6-8H,3-5,9,13H2,1-2H3. The molecule has 0 bridgehead atoms. The van der Waals surface area contributed by atoms with Crippen LogP contribution in [0.15, 0.2) is 18.2 Å². The average molecular weight is 273 g/mol. The van der Waals surface area contributed by atoms with Crippen LogP contribution in [0, 0.1) is 0 Å². The normalized spacial score (nSPS) is 11.3. The summed E-state index contributed by atoms with van der Waals surface area (Å²) in [6, 6.07) is 5.30. The second-order valence-corrected chi connectivity index (χ2v) is 6.28. The van der Waals surface area contributed by atoms with Crippen molar-refractivity contribution in [1.82, 2.24) is 0 Å². The lowest BCUT2D eigenvalue weighted by Gasteiger charge is -2.10. The molecule has 0 spiro atoms. The summed E-state index contributed by atoms with van der Waals surface area (Å²) in [5, 5.41) is 0. The molecule has 0 saturated heterocycles. The summed E-state index contributed by atoms with van der Waals surface area (Å²) in [6.45, 7) is 2.13. The molecule has 0 amide bonds. The van der Waals surface area contributed by atoms with Crippen molar-refractivity contribution in [1.29, 1.82) is 0 Å². The topological polar surface area (TPSA) is 78.6 Å². The Hall–Kier alpha value is -1.27. The van der Waals surface area contributed by atoms with Gasteiger partial charge < -0.3 is 15.2 Å². The van der Waals surface area contributed by atoms with Crippen molar-refractivity contribution in [2.75, 3.05) is 25.2 Å². The Morgan fingerprint density at radius 2 is 1.89 bits per heavy atom. The van der Waals surface area contributed by atoms with Crippen LogP contribution in [-0.4, -0.2) is 33.6 Å². The molecule has 0 saturated carbocycles. The van der Waals surface area contributed by atoms with Gasteiger partial charge in [0, 0.05) is 18.4 Å². The van der Waals surface area contributed by atoms with Crippen LogP contribution in [0.25, 0.3) is 0 Å². The average Bonchev–Trinajstić information content (AvgIpc) is 2.38. The van der Waals surface area contributed by atoms with E-state index in [1.807, 2.05) is 6.07 Å². The van der Waals surface area contributed by atoms with Gasteiger partial charge in [0.05, 0.1) is 12.9 Å². The van der Waals surface area contributed by atoms with Gasteiger partial charge in [-0.05, 0) is 17.7 Å². The maximum Gasteiger partial charge on any atom is 0.153 e. The monoisotopic (exact) mass is 273 g/mol. The van der Waals surface area contributed by atoms with Gasteiger partial charge in [-0.15, -0.1) is 0 Å². The van der Waals surface area contributed by atoms with Crippen molar-refractivity contribution in [2.45, 2.75) is 13.5 Å². The van der Waals surface area contributed by atoms with Crippen LogP contribution in [0.4, 0.5) is 0 Å². The lowest BCUT2D eigenvalue weighted by Crippen LogP contribution is -2.15. The summed E-state index contributed by atoms with van der Waals surface area (Å²) in [5.41, 5.74) is 6.43. The first-order valence-electron chi connectivity index (χ1n) is 5.72. The van der Waals surface area contributed by atoms with E-state index in [2.05, 4.69) is 0 Å². The van der Waals surface area contributed by atoms with Crippen LogP contribution < -0.4 is 15.2 Å². The third kappa shape index (κ3) is 4.54. The van der Waals surface area contributed by atoms with Crippen LogP contribution in [-0.2, 0) is 16.4 Å². The van der Waals surface area contributed by atoms with Crippen LogP contribution in [0.2, 0.25) is 0 Å². The number of hydrogen-bond acceptors (Lipinski definition) is 5. The first-order chi connectivity index (χ1) is 8.50. The highest BCUT2D eigenvalue weighted by Crippen LogP contribution is 2.22. The van der Waals surface area contributed by atoms with Crippen LogP contribution in [0.1, 0.15) is 12.5 Å². The molecule has 0 fully saturated rings. The highest BCUT2D eigenvalue weighted by atomic mass is 32.2. The number of nitrogens with two attached hydrogens (primary N) is 1. The summed E-state index contributed by atoms with van der Waals surface area (Å²) in [4.78, 5) is 0. The van der Waals surface area contributed by atoms with Gasteiger partial charge in [0.1, 0.15) is 18.1 Å². The smallest absolute Gasteiger partial charge is 0.153 e. The molecule has 18 heavy (non-hydrogen) atoms. The Morgan fingerprint density at radius 1 is 1.22 bits per heavy atom. The number of ether oxygens (including phenoxy) is 2. The summed E-state index contributed by atoms with van der Waals surface area (Å²) in [7, 11) is -1.45. The minimum absolute atomic E-state index is 0.0126. The van der Waals surface area contributed by atoms with E-state index in [0.717, 1.165) is 5.56 Å². The first kappa shape index (κ1) is 14.8. The maximum atomic E-state index is 11.3. The predicted octanol–water partition coefficient (Wildman–Crippen LogP) is 0.967. The van der Waals surface area contributed by atoms with Crippen molar-refractivity contribution < 1.29 is 17.9 Å². The van der Waals surface area contributed by atoms with Gasteiger partial charge in [-0.25, -0.2) is 8.42 Å². The number of hydrogen-bond donors (Lipinski definition) is 1. The zero-order valence-corrected chi connectivity index (χ0v) is 11.5. The molecule has 1 rings (SSSR count). The van der Waals surface area contributed by atoms with E-state index >= 15 is 0 Å². The lowest BCUT2D eigenvalue weighted by atomic mass is 10.2. The SMILES string of the molecule is CCS(=O)(=O)CCOc1cc(CN)cc(OC)c1. The van der Waals surface area contributed by atoms with E-state index in [4.69, 9.17) is 15.2 Å². The molecule has 5 nitrogen and oxygen atoms in total. The van der Waals surface area contributed by atoms with Gasteiger partial charge in [-0.1, -0.05) is 6.92 Å². The van der Waals surface area contributed by atoms with Crippen molar-refractivity contribution >= 4 is 9.84 Å². The van der Waals surface area contributed by atoms with Crippen LogP contribution in [0.3, 0.4) is 0 Å². The molecule has 1 aromatic carbocycles. The number of sulfone groups is 1. The third-order valence-corrected chi connectivity index (χ3v) is 4.18. The minimum atomic E-state index is -3.00. The Balaban J connectivity index is 2.67. The Labute approximate surface area is 108 Å². The zero-order chi connectivity index (χ0) is 13.6. The molecule has 0 aliphatic heterocycles. The molecule has 102 valence electrons. The predicted molar refractivity (Wildman–Crippen MR) is 70.7 cm³/mol. The molecular weight excluding hydrogens is 254 g/mol. The summed E-state index contributed by atoms with van der Waals surface area (Å²) in [5.74, 6) is 1.36. The van der Waals surface area contributed by atoms with Gasteiger partial charge in [0.2, 0.25) is 0 Å². The van der Waals surface area contributed by atoms with E-state index in [1.165, 1.54) is 0 Å². The third-order valence-electron chi connectivity index (χ3n) is 2.51. The zero-order valence-electron chi connectivity index (χ0n) is 10.7. The van der Waals surface area contributed by atoms with Gasteiger partial charge >= 0.3 is 0 Å². The van der Waals surface area contributed by atoms with Crippen molar-refractivity contribution in [3.63, 3.8) is 0 Å². The fourth-order valence-electron chi connectivity index (χ4n) is 1.38. The molecular formula is C12H19NO4S. The molecule has 0 aliphatic rings. The Kier molecular flexibility index (Phi) is 5.43. The van der Waals surface area contributed by atoms with E-state index in [0.29, 0.717) is 18.0 Å². The Bertz CT molecular complexity index is 463. The highest BCUT2D eigenvalue weighted by Gasteiger charge is 2.08. The Morgan fingerprint density at radius 3 is 2.44 bits per heavy atom. The van der Waals surface area contributed by atoms with E-state index in [1.54, 1.807) is 26.2 Å². The fraction of sp³-hybridized carbons (Fsp3) is 0.500. The summed E-state index contributed by atoms with van der Waals surface area (Å²) in [6.07, 6.45) is 0. The quantitative estimate of drug-likeness (QED) is 0.800. The van der Waals surface area contributed by atoms with Gasteiger partial charge in [0.25, 0.3) is 0 Å². The molecule has 2 N–H and O–H groups in total. The minimum Gasteiger partial charge on any atom is -0.497 e. The van der Waals surface area contributed by atoms with Crippen LogP contribution >= 0.6 is 0 Å². The number of benzene rings is 1. The molecule has 0 aromatic heterocycles. The second-order valence-electron chi connectivity index (χ2n) is 3.81. The maximum absolute atomic E-state index is 11.3. The number of methoxy groups -OCH3 is 1. The molecule has 1 aromatic rings. The van der Waals surface area contributed by atoms with Crippen molar-refractivity contribution in [3.05, 3.63) is 23.8 Å². The first-order valence-corrected chi connectivity index (χ1v) is 7.54. The van der Waals surface area contributed by atoms with Crippen molar-refractivity contribution in [2.24, 2.45) is 5.73 Å². The molecule has 6 heteroatoms. The molecule has 0 unspecified atom stereocenters. The van der Waals surface area contributed by atoms with Gasteiger partial charge in [0.15, 0.2) is 9.84 Å². The molecule has 0 radical (unpaired) electrons. The largest absolute Gasteiger partial charge is 0.497 e. The fourth-order valence-corrected chi connectivity index (χ4v) is 2.01.